The number of phenols is 1. The van der Waals surface area contributed by atoms with Gasteiger partial charge in [-0.15, -0.1) is 0 Å². The molecule has 5 N–H and O–H groups in total. The Hall–Kier alpha value is -4.76. The van der Waals surface area contributed by atoms with Crippen LogP contribution in [-0.2, 0) is 0 Å². The summed E-state index contributed by atoms with van der Waals surface area (Å²) >= 11 is 6.29. The number of nitrogen functional groups attached to an aromatic ring is 1. The third kappa shape index (κ3) is 4.55. The molecule has 2 heterocycles. The molecule has 0 saturated carbocycles. The largest absolute Gasteiger partial charge is 0.508 e. The molecule has 1 atom stereocenters. The van der Waals surface area contributed by atoms with Crippen LogP contribution in [0.15, 0.2) is 82.3 Å². The van der Waals surface area contributed by atoms with E-state index in [4.69, 9.17) is 27.2 Å². The van der Waals surface area contributed by atoms with Crippen LogP contribution in [-0.4, -0.2) is 20.8 Å². The zero-order valence-electron chi connectivity index (χ0n) is 20.0. The van der Waals surface area contributed by atoms with Gasteiger partial charge in [0, 0.05) is 5.56 Å². The summed E-state index contributed by atoms with van der Waals surface area (Å²) in [5, 5.41) is 22.5. The van der Waals surface area contributed by atoms with E-state index in [2.05, 4.69) is 15.3 Å². The molecule has 190 valence electrons. The van der Waals surface area contributed by atoms with Gasteiger partial charge in [0.2, 0.25) is 5.43 Å². The van der Waals surface area contributed by atoms with Gasteiger partial charge in [-0.2, -0.15) is 0 Å². The quantitative estimate of drug-likeness (QED) is 0.200. The van der Waals surface area contributed by atoms with Crippen molar-refractivity contribution in [2.24, 2.45) is 0 Å². The monoisotopic (exact) mass is 529 g/mol. The lowest BCUT2D eigenvalue weighted by atomic mass is 9.98. The first-order valence-corrected chi connectivity index (χ1v) is 11.9. The summed E-state index contributed by atoms with van der Waals surface area (Å²) in [7, 11) is 0. The van der Waals surface area contributed by atoms with E-state index in [1.807, 2.05) is 0 Å². The van der Waals surface area contributed by atoms with Gasteiger partial charge in [-0.25, -0.2) is 14.4 Å². The van der Waals surface area contributed by atoms with E-state index >= 15 is 0 Å². The van der Waals surface area contributed by atoms with E-state index < -0.39 is 11.9 Å². The van der Waals surface area contributed by atoms with Gasteiger partial charge in [0.1, 0.15) is 40.9 Å². The highest BCUT2D eigenvalue weighted by Gasteiger charge is 2.25. The zero-order chi connectivity index (χ0) is 27.0. The van der Waals surface area contributed by atoms with Crippen molar-refractivity contribution < 1.29 is 13.9 Å². The summed E-state index contributed by atoms with van der Waals surface area (Å²) in [4.78, 5) is 21.9. The molecule has 0 spiro atoms. The number of rotatable bonds is 6. The number of phenolic OH excluding ortho intramolecular Hbond substituents is 1. The number of halogens is 2. The van der Waals surface area contributed by atoms with Crippen molar-refractivity contribution in [3.05, 3.63) is 111 Å². The van der Waals surface area contributed by atoms with E-state index in [9.17, 15) is 14.3 Å². The number of hydrogen-bond donors (Lipinski definition) is 4. The maximum Gasteiger partial charge on any atom is 0.200 e. The molecule has 0 bridgehead atoms. The van der Waals surface area contributed by atoms with Crippen LogP contribution in [0.4, 0.5) is 16.0 Å². The molecule has 0 aliphatic carbocycles. The normalized spacial score (nSPS) is 11.9. The Bertz CT molecular complexity index is 1770. The fourth-order valence-corrected chi connectivity index (χ4v) is 4.46. The molecule has 0 aliphatic rings. The molecule has 0 radical (unpaired) electrons. The van der Waals surface area contributed by atoms with Gasteiger partial charge in [-0.3, -0.25) is 10.2 Å². The lowest BCUT2D eigenvalue weighted by Crippen LogP contribution is -2.19. The van der Waals surface area contributed by atoms with E-state index in [1.54, 1.807) is 37.3 Å². The molecule has 10 heteroatoms. The highest BCUT2D eigenvalue weighted by atomic mass is 35.5. The first-order chi connectivity index (χ1) is 18.2. The molecule has 0 fully saturated rings. The van der Waals surface area contributed by atoms with Crippen molar-refractivity contribution in [3.8, 4) is 16.9 Å². The third-order valence-electron chi connectivity index (χ3n) is 6.03. The number of nitrogens with zero attached hydrogens (tertiary/aromatic N) is 2. The van der Waals surface area contributed by atoms with Crippen molar-refractivity contribution >= 4 is 39.9 Å². The second-order valence-corrected chi connectivity index (χ2v) is 8.97. The van der Waals surface area contributed by atoms with Crippen molar-refractivity contribution in [2.45, 2.75) is 13.0 Å². The van der Waals surface area contributed by atoms with Crippen LogP contribution in [0.1, 0.15) is 29.9 Å². The molecular formula is C28H21ClFN5O3. The number of nitrogens with one attached hydrogen (secondary N) is 2. The Labute approximate surface area is 221 Å². The summed E-state index contributed by atoms with van der Waals surface area (Å²) in [6.45, 7) is 1.74. The van der Waals surface area contributed by atoms with Crippen LogP contribution < -0.4 is 16.5 Å². The molecule has 5 aromatic rings. The Morgan fingerprint density at radius 1 is 1.13 bits per heavy atom. The van der Waals surface area contributed by atoms with Crippen LogP contribution in [0, 0.1) is 11.2 Å². The topological polar surface area (TPSA) is 138 Å². The van der Waals surface area contributed by atoms with Crippen LogP contribution in [0.3, 0.4) is 0 Å². The summed E-state index contributed by atoms with van der Waals surface area (Å²) in [5.41, 5.74) is 6.98. The van der Waals surface area contributed by atoms with Crippen molar-refractivity contribution in [1.29, 1.82) is 5.41 Å². The number of anilines is 2. The minimum Gasteiger partial charge on any atom is -0.508 e. The number of aromatic nitrogens is 2. The second-order valence-electron chi connectivity index (χ2n) is 8.56. The molecule has 3 aromatic carbocycles. The number of para-hydroxylation sites is 1. The van der Waals surface area contributed by atoms with E-state index in [1.165, 1.54) is 42.7 Å². The minimum atomic E-state index is -0.689. The van der Waals surface area contributed by atoms with Crippen molar-refractivity contribution in [3.63, 3.8) is 0 Å². The van der Waals surface area contributed by atoms with E-state index in [0.717, 1.165) is 0 Å². The van der Waals surface area contributed by atoms with Crippen molar-refractivity contribution in [2.75, 3.05) is 11.1 Å². The first-order valence-electron chi connectivity index (χ1n) is 11.5. The Kier molecular flexibility index (Phi) is 6.52. The molecule has 0 saturated heterocycles. The average Bonchev–Trinajstić information content (AvgIpc) is 2.89. The smallest absolute Gasteiger partial charge is 0.200 e. The van der Waals surface area contributed by atoms with Gasteiger partial charge in [-0.05, 0) is 55.0 Å². The molecular weight excluding hydrogens is 509 g/mol. The first kappa shape index (κ1) is 24.9. The standard InChI is InChI=1S/C28H21ClFN5O3/c1-14(35-28-23(27(32)33-13-34-28)24(31)19-12-17(36)9-10-20(19)29)26-22(15-5-4-6-16(30)11-15)25(37)18-7-2-3-8-21(18)38-26/h2-14,31,36H,1H3,(H3,32,33,34,35). The fourth-order valence-electron chi connectivity index (χ4n) is 4.25. The number of nitrogens with two attached hydrogens (primary N) is 1. The van der Waals surface area contributed by atoms with Crippen LogP contribution in [0.5, 0.6) is 5.75 Å². The summed E-state index contributed by atoms with van der Waals surface area (Å²) in [5.74, 6) is -0.154. The predicted octanol–water partition coefficient (Wildman–Crippen LogP) is 5.92. The Morgan fingerprint density at radius 3 is 2.71 bits per heavy atom. The van der Waals surface area contributed by atoms with E-state index in [-0.39, 0.29) is 56.0 Å². The Morgan fingerprint density at radius 2 is 1.92 bits per heavy atom. The highest BCUT2D eigenvalue weighted by Crippen LogP contribution is 2.33. The minimum absolute atomic E-state index is 0.00410. The SMILES string of the molecule is CC(Nc1ncnc(N)c1C(=N)c1cc(O)ccc1Cl)c1oc2ccccc2c(=O)c1-c1cccc(F)c1. The molecule has 0 aliphatic heterocycles. The zero-order valence-corrected chi connectivity index (χ0v) is 20.8. The van der Waals surface area contributed by atoms with Gasteiger partial charge in [0.15, 0.2) is 0 Å². The number of benzene rings is 3. The van der Waals surface area contributed by atoms with Gasteiger partial charge >= 0.3 is 0 Å². The Balaban J connectivity index is 1.64. The average molecular weight is 530 g/mol. The highest BCUT2D eigenvalue weighted by molar-refractivity contribution is 6.35. The molecule has 5 rings (SSSR count). The lowest BCUT2D eigenvalue weighted by molar-refractivity contribution is 0.475. The maximum absolute atomic E-state index is 14.2. The number of hydrogen-bond acceptors (Lipinski definition) is 8. The van der Waals surface area contributed by atoms with Crippen LogP contribution >= 0.6 is 11.6 Å². The van der Waals surface area contributed by atoms with Crippen molar-refractivity contribution in [1.82, 2.24) is 9.97 Å². The third-order valence-corrected chi connectivity index (χ3v) is 6.36. The number of fused-ring (bicyclic) bond motifs is 1. The van der Waals surface area contributed by atoms with Crippen LogP contribution in [0.2, 0.25) is 5.02 Å². The number of aromatic hydroxyl groups is 1. The fraction of sp³-hybridized carbons (Fsp3) is 0.0714. The lowest BCUT2D eigenvalue weighted by Gasteiger charge is -2.20. The molecule has 0 amide bonds. The summed E-state index contributed by atoms with van der Waals surface area (Å²) in [6, 6.07) is 16.0. The summed E-state index contributed by atoms with van der Waals surface area (Å²) in [6.07, 6.45) is 1.23. The molecule has 38 heavy (non-hydrogen) atoms. The van der Waals surface area contributed by atoms with Gasteiger partial charge in [0.05, 0.1) is 33.3 Å². The molecule has 2 aromatic heterocycles. The van der Waals surface area contributed by atoms with Crippen LogP contribution in [0.25, 0.3) is 22.1 Å². The van der Waals surface area contributed by atoms with Gasteiger partial charge < -0.3 is 20.6 Å². The molecule has 1 unspecified atom stereocenters. The second kappa shape index (κ2) is 9.95. The maximum atomic E-state index is 14.2. The van der Waals surface area contributed by atoms with E-state index in [0.29, 0.717) is 16.5 Å². The predicted molar refractivity (Wildman–Crippen MR) is 145 cm³/mol. The molecule has 8 nitrogen and oxygen atoms in total. The summed E-state index contributed by atoms with van der Waals surface area (Å²) < 4.78 is 20.3. The van der Waals surface area contributed by atoms with Gasteiger partial charge in [0.25, 0.3) is 0 Å². The van der Waals surface area contributed by atoms with Gasteiger partial charge in [-0.1, -0.05) is 35.9 Å².